The van der Waals surface area contributed by atoms with Gasteiger partial charge in [-0.05, 0) is 49.9 Å². The molecule has 0 amide bonds. The van der Waals surface area contributed by atoms with Crippen LogP contribution in [0.15, 0.2) is 24.3 Å². The van der Waals surface area contributed by atoms with Crippen molar-refractivity contribution in [2.24, 2.45) is 5.92 Å². The molecule has 1 aliphatic rings. The van der Waals surface area contributed by atoms with Crippen molar-refractivity contribution in [3.05, 3.63) is 29.8 Å². The lowest BCUT2D eigenvalue weighted by molar-refractivity contribution is 0.393. The maximum Gasteiger partial charge on any atom is 0.0372 e. The summed E-state index contributed by atoms with van der Waals surface area (Å²) in [6, 6.07) is 8.63. The van der Waals surface area contributed by atoms with Crippen LogP contribution in [-0.4, -0.2) is 19.6 Å². The van der Waals surface area contributed by atoms with Gasteiger partial charge in [-0.3, -0.25) is 0 Å². The summed E-state index contributed by atoms with van der Waals surface area (Å²) in [5, 5.41) is 7.05. The Morgan fingerprint density at radius 2 is 2.25 bits per heavy atom. The molecule has 88 valence electrons. The molecule has 2 N–H and O–H groups in total. The number of nitrogens with one attached hydrogen (secondary N) is 2. The van der Waals surface area contributed by atoms with Crippen LogP contribution < -0.4 is 10.6 Å². The predicted octanol–water partition coefficient (Wildman–Crippen LogP) is 2.66. The second kappa shape index (κ2) is 5.90. The van der Waals surface area contributed by atoms with E-state index in [-0.39, 0.29) is 0 Å². The summed E-state index contributed by atoms with van der Waals surface area (Å²) in [6.45, 7) is 5.68. The topological polar surface area (TPSA) is 24.1 Å². The summed E-state index contributed by atoms with van der Waals surface area (Å²) < 4.78 is 0. The number of para-hydroxylation sites is 1. The van der Waals surface area contributed by atoms with Crippen LogP contribution in [0.3, 0.4) is 0 Å². The first-order chi connectivity index (χ1) is 7.90. The molecule has 2 nitrogen and oxygen atoms in total. The fourth-order valence-corrected chi connectivity index (χ4v) is 2.35. The third-order valence-corrected chi connectivity index (χ3v) is 3.38. The van der Waals surface area contributed by atoms with Gasteiger partial charge in [-0.2, -0.15) is 0 Å². The van der Waals surface area contributed by atoms with E-state index in [1.54, 1.807) is 0 Å². The molecule has 1 heterocycles. The van der Waals surface area contributed by atoms with Crippen LogP contribution in [-0.2, 0) is 6.42 Å². The zero-order valence-corrected chi connectivity index (χ0v) is 10.1. The molecule has 1 atom stereocenters. The molecule has 1 fully saturated rings. The van der Waals surface area contributed by atoms with Crippen LogP contribution in [0.2, 0.25) is 0 Å². The minimum atomic E-state index is 0.790. The molecule has 2 heteroatoms. The molecule has 0 bridgehead atoms. The van der Waals surface area contributed by atoms with Crippen molar-refractivity contribution in [3.8, 4) is 0 Å². The quantitative estimate of drug-likeness (QED) is 0.812. The van der Waals surface area contributed by atoms with Gasteiger partial charge < -0.3 is 10.6 Å². The fraction of sp³-hybridized carbons (Fsp3) is 0.571. The summed E-state index contributed by atoms with van der Waals surface area (Å²) in [7, 11) is 0. The third kappa shape index (κ3) is 2.99. The van der Waals surface area contributed by atoms with Gasteiger partial charge in [0.15, 0.2) is 0 Å². The van der Waals surface area contributed by atoms with Crippen LogP contribution in [0, 0.1) is 5.92 Å². The number of anilines is 1. The van der Waals surface area contributed by atoms with E-state index in [4.69, 9.17) is 0 Å². The molecule has 1 saturated heterocycles. The Morgan fingerprint density at radius 3 is 3.00 bits per heavy atom. The number of benzene rings is 1. The van der Waals surface area contributed by atoms with Crippen molar-refractivity contribution in [1.82, 2.24) is 5.32 Å². The second-order valence-corrected chi connectivity index (χ2v) is 4.60. The van der Waals surface area contributed by atoms with Gasteiger partial charge in [-0.25, -0.2) is 0 Å². The van der Waals surface area contributed by atoms with Gasteiger partial charge in [-0.1, -0.05) is 25.1 Å². The van der Waals surface area contributed by atoms with Crippen LogP contribution in [0.1, 0.15) is 25.3 Å². The third-order valence-electron chi connectivity index (χ3n) is 3.38. The van der Waals surface area contributed by atoms with Crippen LogP contribution in [0.25, 0.3) is 0 Å². The van der Waals surface area contributed by atoms with E-state index in [1.807, 2.05) is 0 Å². The van der Waals surface area contributed by atoms with Gasteiger partial charge in [-0.15, -0.1) is 0 Å². The Balaban J connectivity index is 1.88. The van der Waals surface area contributed by atoms with E-state index >= 15 is 0 Å². The molecule has 2 rings (SSSR count). The van der Waals surface area contributed by atoms with Gasteiger partial charge in [0.1, 0.15) is 0 Å². The van der Waals surface area contributed by atoms with E-state index < -0.39 is 0 Å². The highest BCUT2D eigenvalue weighted by atomic mass is 14.9. The number of hydrogen-bond acceptors (Lipinski definition) is 2. The van der Waals surface area contributed by atoms with Crippen molar-refractivity contribution in [3.63, 3.8) is 0 Å². The van der Waals surface area contributed by atoms with Crippen molar-refractivity contribution in [1.29, 1.82) is 0 Å². The van der Waals surface area contributed by atoms with E-state index in [1.165, 1.54) is 37.2 Å². The lowest BCUT2D eigenvalue weighted by Crippen LogP contribution is -2.33. The zero-order valence-electron chi connectivity index (χ0n) is 10.1. The van der Waals surface area contributed by atoms with Crippen molar-refractivity contribution < 1.29 is 0 Å². The van der Waals surface area contributed by atoms with E-state index in [0.29, 0.717) is 0 Å². The molecule has 1 unspecified atom stereocenters. The van der Waals surface area contributed by atoms with Gasteiger partial charge in [0.2, 0.25) is 0 Å². The number of aryl methyl sites for hydroxylation is 1. The minimum Gasteiger partial charge on any atom is -0.384 e. The first-order valence-corrected chi connectivity index (χ1v) is 6.42. The molecular formula is C14H22N2. The van der Waals surface area contributed by atoms with Gasteiger partial charge in [0.05, 0.1) is 0 Å². The molecule has 1 aliphatic heterocycles. The van der Waals surface area contributed by atoms with Crippen LogP contribution >= 0.6 is 0 Å². The van der Waals surface area contributed by atoms with Crippen molar-refractivity contribution in [2.45, 2.75) is 26.2 Å². The molecule has 0 aliphatic carbocycles. The molecule has 0 radical (unpaired) electrons. The molecule has 0 aromatic heterocycles. The molecule has 0 spiro atoms. The molecule has 1 aromatic rings. The summed E-state index contributed by atoms with van der Waals surface area (Å²) in [6.07, 6.45) is 3.78. The lowest BCUT2D eigenvalue weighted by atomic mass is 9.99. The predicted molar refractivity (Wildman–Crippen MR) is 69.9 cm³/mol. The summed E-state index contributed by atoms with van der Waals surface area (Å²) in [5.41, 5.74) is 2.74. The molecule has 0 saturated carbocycles. The van der Waals surface area contributed by atoms with Crippen molar-refractivity contribution in [2.75, 3.05) is 25.0 Å². The minimum absolute atomic E-state index is 0.790. The lowest BCUT2D eigenvalue weighted by Gasteiger charge is -2.24. The fourth-order valence-electron chi connectivity index (χ4n) is 2.35. The SMILES string of the molecule is CCc1ccccc1NCC1CCCNC1. The molecule has 1 aromatic carbocycles. The Bertz CT molecular complexity index is 316. The number of hydrogen-bond donors (Lipinski definition) is 2. The zero-order chi connectivity index (χ0) is 11.2. The highest BCUT2D eigenvalue weighted by Crippen LogP contribution is 2.17. The number of rotatable bonds is 4. The Labute approximate surface area is 98.4 Å². The summed E-state index contributed by atoms with van der Waals surface area (Å²) in [5.74, 6) is 0.790. The van der Waals surface area contributed by atoms with Crippen LogP contribution in [0.5, 0.6) is 0 Å². The largest absolute Gasteiger partial charge is 0.384 e. The van der Waals surface area contributed by atoms with Crippen molar-refractivity contribution >= 4 is 5.69 Å². The normalized spacial score (nSPS) is 20.7. The summed E-state index contributed by atoms with van der Waals surface area (Å²) in [4.78, 5) is 0. The first-order valence-electron chi connectivity index (χ1n) is 6.42. The maximum atomic E-state index is 3.59. The Morgan fingerprint density at radius 1 is 1.38 bits per heavy atom. The highest BCUT2D eigenvalue weighted by molar-refractivity contribution is 5.51. The van der Waals surface area contributed by atoms with E-state index in [0.717, 1.165) is 18.9 Å². The monoisotopic (exact) mass is 218 g/mol. The average molecular weight is 218 g/mol. The van der Waals surface area contributed by atoms with Gasteiger partial charge in [0, 0.05) is 12.2 Å². The molecule has 16 heavy (non-hydrogen) atoms. The molecular weight excluding hydrogens is 196 g/mol. The smallest absolute Gasteiger partial charge is 0.0372 e. The Hall–Kier alpha value is -1.02. The van der Waals surface area contributed by atoms with E-state index in [2.05, 4.69) is 41.8 Å². The highest BCUT2D eigenvalue weighted by Gasteiger charge is 2.12. The number of piperidine rings is 1. The standard InChI is InChI=1S/C14H22N2/c1-2-13-7-3-4-8-14(13)16-11-12-6-5-9-15-10-12/h3-4,7-8,12,15-16H,2,5-6,9-11H2,1H3. The maximum absolute atomic E-state index is 3.59. The summed E-state index contributed by atoms with van der Waals surface area (Å²) >= 11 is 0. The van der Waals surface area contributed by atoms with Gasteiger partial charge >= 0.3 is 0 Å². The van der Waals surface area contributed by atoms with Gasteiger partial charge in [0.25, 0.3) is 0 Å². The Kier molecular flexibility index (Phi) is 4.23. The first kappa shape index (κ1) is 11.5. The van der Waals surface area contributed by atoms with E-state index in [9.17, 15) is 0 Å². The average Bonchev–Trinajstić information content (AvgIpc) is 2.38. The van der Waals surface area contributed by atoms with Crippen LogP contribution in [0.4, 0.5) is 5.69 Å². The second-order valence-electron chi connectivity index (χ2n) is 4.60.